The van der Waals surface area contributed by atoms with Crippen LogP contribution in [0.2, 0.25) is 0 Å². The number of amides is 2. The van der Waals surface area contributed by atoms with Crippen molar-refractivity contribution in [2.75, 3.05) is 50.6 Å². The van der Waals surface area contributed by atoms with Crippen LogP contribution in [0.3, 0.4) is 0 Å². The van der Waals surface area contributed by atoms with Gasteiger partial charge in [-0.15, -0.1) is 0 Å². The SMILES string of the molecule is CCn1cc(-c2ccnc3[nH]c(-c4ccc(N5CCOCC5)cc4)cc23)c(-c2ccc(NC(=O)N(C)C)cc2)n1. The second-order valence-corrected chi connectivity index (χ2v) is 10.1. The molecule has 9 nitrogen and oxygen atoms in total. The summed E-state index contributed by atoms with van der Waals surface area (Å²) in [6.07, 6.45) is 3.93. The highest BCUT2D eigenvalue weighted by atomic mass is 16.5. The van der Waals surface area contributed by atoms with Crippen molar-refractivity contribution in [2.45, 2.75) is 13.5 Å². The molecule has 0 unspecified atom stereocenters. The van der Waals surface area contributed by atoms with Crippen molar-refractivity contribution in [1.29, 1.82) is 0 Å². The van der Waals surface area contributed by atoms with E-state index in [4.69, 9.17) is 9.84 Å². The minimum atomic E-state index is -0.165. The second-order valence-electron chi connectivity index (χ2n) is 10.1. The number of morpholine rings is 1. The fourth-order valence-electron chi connectivity index (χ4n) is 5.03. The van der Waals surface area contributed by atoms with Crippen molar-refractivity contribution in [3.63, 3.8) is 0 Å². The lowest BCUT2D eigenvalue weighted by Gasteiger charge is -2.28. The molecule has 2 amide bonds. The number of aromatic amines is 1. The molecule has 0 atom stereocenters. The number of rotatable bonds is 6. The van der Waals surface area contributed by atoms with E-state index in [9.17, 15) is 4.79 Å². The Morgan fingerprint density at radius 1 is 1.00 bits per heavy atom. The number of hydrogen-bond acceptors (Lipinski definition) is 5. The van der Waals surface area contributed by atoms with Gasteiger partial charge in [-0.25, -0.2) is 9.78 Å². The van der Waals surface area contributed by atoms with E-state index in [1.54, 1.807) is 14.1 Å². The van der Waals surface area contributed by atoms with Gasteiger partial charge < -0.3 is 24.8 Å². The van der Waals surface area contributed by atoms with Gasteiger partial charge in [-0.1, -0.05) is 24.3 Å². The van der Waals surface area contributed by atoms with Crippen LogP contribution in [0.25, 0.3) is 44.7 Å². The Kier molecular flexibility index (Phi) is 6.96. The molecular formula is C31H33N7O2. The van der Waals surface area contributed by atoms with Crippen LogP contribution in [0.4, 0.5) is 16.2 Å². The molecule has 1 aliphatic rings. The summed E-state index contributed by atoms with van der Waals surface area (Å²) in [5.74, 6) is 0. The van der Waals surface area contributed by atoms with E-state index in [2.05, 4.69) is 63.6 Å². The fourth-order valence-corrected chi connectivity index (χ4v) is 5.03. The first-order valence-electron chi connectivity index (χ1n) is 13.6. The van der Waals surface area contributed by atoms with E-state index in [1.165, 1.54) is 10.6 Å². The van der Waals surface area contributed by atoms with Crippen LogP contribution in [0.1, 0.15) is 6.92 Å². The molecule has 0 radical (unpaired) electrons. The summed E-state index contributed by atoms with van der Waals surface area (Å²) in [6, 6.07) is 20.5. The lowest BCUT2D eigenvalue weighted by Crippen LogP contribution is -2.36. The largest absolute Gasteiger partial charge is 0.378 e. The lowest BCUT2D eigenvalue weighted by molar-refractivity contribution is 0.122. The number of H-pyrrole nitrogens is 1. The zero-order valence-corrected chi connectivity index (χ0v) is 23.0. The zero-order chi connectivity index (χ0) is 27.6. The number of nitrogens with one attached hydrogen (secondary N) is 2. The van der Waals surface area contributed by atoms with Crippen LogP contribution >= 0.6 is 0 Å². The van der Waals surface area contributed by atoms with Crippen molar-refractivity contribution in [3.8, 4) is 33.6 Å². The Morgan fingerprint density at radius 2 is 1.73 bits per heavy atom. The molecule has 1 saturated heterocycles. The van der Waals surface area contributed by atoms with Gasteiger partial charge in [0.15, 0.2) is 0 Å². The standard InChI is InChI=1S/C31H33N7O2/c1-4-38-20-27(29(35-38)22-5-9-23(10-6-22)33-31(39)36(2)3)25-13-14-32-30-26(25)19-28(34-30)21-7-11-24(12-8-21)37-15-17-40-18-16-37/h5-14,19-20H,4,15-18H2,1-3H3,(H,32,34)(H,33,39). The van der Waals surface area contributed by atoms with E-state index >= 15 is 0 Å². The number of anilines is 2. The zero-order valence-electron chi connectivity index (χ0n) is 23.0. The average molecular weight is 536 g/mol. The van der Waals surface area contributed by atoms with Gasteiger partial charge in [-0.2, -0.15) is 5.10 Å². The van der Waals surface area contributed by atoms with Crippen LogP contribution in [0.15, 0.2) is 73.1 Å². The molecule has 3 aromatic heterocycles. The molecule has 2 aromatic carbocycles. The number of carbonyl (C=O) groups excluding carboxylic acids is 1. The number of fused-ring (bicyclic) bond motifs is 1. The third-order valence-corrected chi connectivity index (χ3v) is 7.28. The predicted octanol–water partition coefficient (Wildman–Crippen LogP) is 5.71. The minimum absolute atomic E-state index is 0.165. The van der Waals surface area contributed by atoms with Crippen molar-refractivity contribution in [3.05, 3.63) is 73.1 Å². The Balaban J connectivity index is 1.34. The maximum Gasteiger partial charge on any atom is 0.321 e. The summed E-state index contributed by atoms with van der Waals surface area (Å²) in [6.45, 7) is 6.21. The Bertz CT molecular complexity index is 1630. The highest BCUT2D eigenvalue weighted by Gasteiger charge is 2.18. The maximum absolute atomic E-state index is 12.1. The molecule has 9 heteroatoms. The summed E-state index contributed by atoms with van der Waals surface area (Å²) in [4.78, 5) is 24.1. The van der Waals surface area contributed by atoms with E-state index in [-0.39, 0.29) is 6.03 Å². The predicted molar refractivity (Wildman–Crippen MR) is 160 cm³/mol. The number of pyridine rings is 1. The first-order valence-corrected chi connectivity index (χ1v) is 13.6. The summed E-state index contributed by atoms with van der Waals surface area (Å²) in [7, 11) is 3.44. The lowest BCUT2D eigenvalue weighted by atomic mass is 10.00. The van der Waals surface area contributed by atoms with Gasteiger partial charge >= 0.3 is 6.03 Å². The molecule has 1 aliphatic heterocycles. The smallest absolute Gasteiger partial charge is 0.321 e. The van der Waals surface area contributed by atoms with Crippen molar-refractivity contribution < 1.29 is 9.53 Å². The van der Waals surface area contributed by atoms with Crippen LogP contribution < -0.4 is 10.2 Å². The summed E-state index contributed by atoms with van der Waals surface area (Å²) >= 11 is 0. The van der Waals surface area contributed by atoms with Gasteiger partial charge in [0, 0.05) is 79.7 Å². The molecule has 4 heterocycles. The van der Waals surface area contributed by atoms with Gasteiger partial charge in [-0.05, 0) is 54.4 Å². The molecule has 6 rings (SSSR count). The number of carbonyl (C=O) groups is 1. The Labute approximate surface area is 233 Å². The van der Waals surface area contributed by atoms with Crippen molar-refractivity contribution in [1.82, 2.24) is 24.6 Å². The first-order chi connectivity index (χ1) is 19.5. The molecule has 5 aromatic rings. The number of urea groups is 1. The molecule has 2 N–H and O–H groups in total. The Morgan fingerprint density at radius 3 is 2.42 bits per heavy atom. The van der Waals surface area contributed by atoms with Crippen molar-refractivity contribution in [2.24, 2.45) is 0 Å². The number of hydrogen-bond donors (Lipinski definition) is 2. The van der Waals surface area contributed by atoms with Gasteiger partial charge in [0.05, 0.1) is 13.2 Å². The summed E-state index contributed by atoms with van der Waals surface area (Å²) in [5.41, 5.74) is 8.88. The van der Waals surface area contributed by atoms with Gasteiger partial charge in [-0.3, -0.25) is 4.68 Å². The normalized spacial score (nSPS) is 13.5. The van der Waals surface area contributed by atoms with Gasteiger partial charge in [0.25, 0.3) is 0 Å². The van der Waals surface area contributed by atoms with E-state index in [0.717, 1.165) is 83.2 Å². The van der Waals surface area contributed by atoms with E-state index in [1.807, 2.05) is 41.2 Å². The van der Waals surface area contributed by atoms with E-state index in [0.29, 0.717) is 0 Å². The minimum Gasteiger partial charge on any atom is -0.378 e. The third-order valence-electron chi connectivity index (χ3n) is 7.28. The maximum atomic E-state index is 12.1. The van der Waals surface area contributed by atoms with Crippen LogP contribution in [-0.4, -0.2) is 71.1 Å². The number of nitrogens with zero attached hydrogens (tertiary/aromatic N) is 5. The highest BCUT2D eigenvalue weighted by Crippen LogP contribution is 2.37. The average Bonchev–Trinajstić information content (AvgIpc) is 3.63. The van der Waals surface area contributed by atoms with Crippen LogP contribution in [-0.2, 0) is 11.3 Å². The quantitative estimate of drug-likeness (QED) is 0.291. The summed E-state index contributed by atoms with van der Waals surface area (Å²) < 4.78 is 7.45. The number of ether oxygens (including phenoxy) is 1. The second kappa shape index (κ2) is 10.9. The molecule has 0 saturated carbocycles. The molecule has 40 heavy (non-hydrogen) atoms. The summed E-state index contributed by atoms with van der Waals surface area (Å²) in [5, 5.41) is 8.83. The topological polar surface area (TPSA) is 91.3 Å². The Hall–Kier alpha value is -4.63. The van der Waals surface area contributed by atoms with Crippen LogP contribution in [0.5, 0.6) is 0 Å². The molecule has 0 bridgehead atoms. The van der Waals surface area contributed by atoms with Gasteiger partial charge in [0.2, 0.25) is 0 Å². The third kappa shape index (κ3) is 5.03. The first kappa shape index (κ1) is 25.6. The number of aryl methyl sites for hydroxylation is 1. The van der Waals surface area contributed by atoms with Crippen LogP contribution in [0, 0.1) is 0 Å². The number of benzene rings is 2. The molecular weight excluding hydrogens is 502 g/mol. The molecule has 1 fully saturated rings. The van der Waals surface area contributed by atoms with E-state index < -0.39 is 0 Å². The number of aromatic nitrogens is 4. The molecule has 0 spiro atoms. The highest BCUT2D eigenvalue weighted by molar-refractivity contribution is 5.99. The molecule has 0 aliphatic carbocycles. The fraction of sp³-hybridized carbons (Fsp3) is 0.258. The monoisotopic (exact) mass is 535 g/mol. The molecule has 204 valence electrons. The van der Waals surface area contributed by atoms with Gasteiger partial charge in [0.1, 0.15) is 11.3 Å². The van der Waals surface area contributed by atoms with Crippen molar-refractivity contribution >= 4 is 28.4 Å².